The van der Waals surface area contributed by atoms with E-state index in [1.807, 2.05) is 19.9 Å². The molecule has 1 N–H and O–H groups in total. The van der Waals surface area contributed by atoms with Crippen LogP contribution >= 0.6 is 11.8 Å². The predicted molar refractivity (Wildman–Crippen MR) is 87.7 cm³/mol. The molecule has 0 aromatic heterocycles. The molecule has 22 heavy (non-hydrogen) atoms. The fourth-order valence-electron chi connectivity index (χ4n) is 2.63. The molecule has 1 amide bonds. The second kappa shape index (κ2) is 6.14. The summed E-state index contributed by atoms with van der Waals surface area (Å²) in [5.41, 5.74) is 0.788. The lowest BCUT2D eigenvalue weighted by Crippen LogP contribution is -2.47. The molecule has 2 unspecified atom stereocenters. The van der Waals surface area contributed by atoms with Gasteiger partial charge in [0.25, 0.3) is 5.91 Å². The Morgan fingerprint density at radius 1 is 1.36 bits per heavy atom. The van der Waals surface area contributed by atoms with Crippen molar-refractivity contribution in [2.45, 2.75) is 26.1 Å². The Hall–Kier alpha value is -1.79. The number of ether oxygens (including phenoxy) is 1. The Kier molecular flexibility index (Phi) is 4.22. The number of amidine groups is 1. The van der Waals surface area contributed by atoms with E-state index in [0.717, 1.165) is 23.8 Å². The monoisotopic (exact) mass is 318 g/mol. The van der Waals surface area contributed by atoms with Crippen LogP contribution in [0.4, 0.5) is 0 Å². The molecule has 2 heterocycles. The van der Waals surface area contributed by atoms with Gasteiger partial charge in [0, 0.05) is 13.1 Å². The average molecular weight is 318 g/mol. The number of phenolic OH excluding ortho intramolecular Hbond substituents is 1. The van der Waals surface area contributed by atoms with Gasteiger partial charge in [-0.05, 0) is 49.4 Å². The summed E-state index contributed by atoms with van der Waals surface area (Å²) in [6.45, 7) is 5.52. The van der Waals surface area contributed by atoms with Crippen molar-refractivity contribution in [1.82, 2.24) is 4.90 Å². The minimum atomic E-state index is -0.227. The van der Waals surface area contributed by atoms with Gasteiger partial charge < -0.3 is 14.7 Å². The molecule has 0 saturated carbocycles. The quantitative estimate of drug-likeness (QED) is 0.806. The van der Waals surface area contributed by atoms with E-state index in [1.54, 1.807) is 24.3 Å². The molecule has 1 aromatic carbocycles. The minimum Gasteiger partial charge on any atom is -0.508 e. The van der Waals surface area contributed by atoms with Crippen LogP contribution in [-0.2, 0) is 9.53 Å². The summed E-state index contributed by atoms with van der Waals surface area (Å²) >= 11 is 1.38. The minimum absolute atomic E-state index is 0.126. The summed E-state index contributed by atoms with van der Waals surface area (Å²) in [6.07, 6.45) is 2.01. The topological polar surface area (TPSA) is 62.1 Å². The van der Waals surface area contributed by atoms with Crippen molar-refractivity contribution in [1.29, 1.82) is 0 Å². The molecule has 5 nitrogen and oxygen atoms in total. The van der Waals surface area contributed by atoms with E-state index in [9.17, 15) is 9.90 Å². The lowest BCUT2D eigenvalue weighted by atomic mass is 10.2. The molecule has 2 aliphatic rings. The van der Waals surface area contributed by atoms with Crippen LogP contribution in [0.25, 0.3) is 6.08 Å². The molecule has 2 aliphatic heterocycles. The van der Waals surface area contributed by atoms with Crippen LogP contribution < -0.4 is 0 Å². The maximum Gasteiger partial charge on any atom is 0.286 e. The molecule has 0 spiro atoms. The van der Waals surface area contributed by atoms with E-state index in [1.165, 1.54) is 11.8 Å². The number of carbonyl (C=O) groups excluding carboxylic acids is 1. The van der Waals surface area contributed by atoms with Crippen molar-refractivity contribution < 1.29 is 14.6 Å². The van der Waals surface area contributed by atoms with E-state index in [2.05, 4.69) is 9.89 Å². The van der Waals surface area contributed by atoms with Gasteiger partial charge in [0.2, 0.25) is 0 Å². The first-order chi connectivity index (χ1) is 10.5. The van der Waals surface area contributed by atoms with Gasteiger partial charge in [-0.25, -0.2) is 0 Å². The summed E-state index contributed by atoms with van der Waals surface area (Å²) in [7, 11) is 0. The average Bonchev–Trinajstić information content (AvgIpc) is 2.79. The highest BCUT2D eigenvalue weighted by molar-refractivity contribution is 8.18. The molecular formula is C16H18N2O3S. The summed E-state index contributed by atoms with van der Waals surface area (Å²) in [5, 5.41) is 10.2. The number of benzene rings is 1. The van der Waals surface area contributed by atoms with Crippen LogP contribution in [0, 0.1) is 0 Å². The molecule has 0 aliphatic carbocycles. The zero-order chi connectivity index (χ0) is 15.7. The number of hydrogen-bond acceptors (Lipinski definition) is 5. The largest absolute Gasteiger partial charge is 0.508 e. The number of hydrogen-bond donors (Lipinski definition) is 1. The van der Waals surface area contributed by atoms with Gasteiger partial charge in [0.1, 0.15) is 5.75 Å². The number of phenols is 1. The predicted octanol–water partition coefficient (Wildman–Crippen LogP) is 2.47. The first kappa shape index (κ1) is 15.1. The second-order valence-electron chi connectivity index (χ2n) is 5.57. The Morgan fingerprint density at radius 2 is 2.09 bits per heavy atom. The summed E-state index contributed by atoms with van der Waals surface area (Å²) in [6, 6.07) is 6.82. The standard InChI is InChI=1S/C16H18N2O3S/c1-10-8-18(9-11(2)21-10)16-17-15(20)14(22-16)7-12-4-3-5-13(19)6-12/h3-7,10-11,19H,8-9H2,1-2H3. The van der Waals surface area contributed by atoms with Crippen molar-refractivity contribution >= 4 is 28.9 Å². The SMILES string of the molecule is CC1CN(C2=NC(=O)C(=Cc3cccc(O)c3)S2)CC(C)O1. The van der Waals surface area contributed by atoms with Crippen molar-refractivity contribution in [2.75, 3.05) is 13.1 Å². The molecule has 3 rings (SSSR count). The van der Waals surface area contributed by atoms with Crippen LogP contribution in [0.1, 0.15) is 19.4 Å². The number of carbonyl (C=O) groups is 1. The molecule has 0 bridgehead atoms. The van der Waals surface area contributed by atoms with E-state index in [-0.39, 0.29) is 23.9 Å². The van der Waals surface area contributed by atoms with Crippen molar-refractivity contribution in [2.24, 2.45) is 4.99 Å². The number of aromatic hydroxyl groups is 1. The molecule has 1 fully saturated rings. The Bertz CT molecular complexity index is 647. The highest BCUT2D eigenvalue weighted by Gasteiger charge is 2.30. The molecule has 1 saturated heterocycles. The molecule has 1 aromatic rings. The Labute approximate surface area is 133 Å². The highest BCUT2D eigenvalue weighted by Crippen LogP contribution is 2.31. The number of morpholine rings is 1. The van der Waals surface area contributed by atoms with Gasteiger partial charge >= 0.3 is 0 Å². The van der Waals surface area contributed by atoms with Crippen LogP contribution in [0.2, 0.25) is 0 Å². The Morgan fingerprint density at radius 3 is 2.77 bits per heavy atom. The summed E-state index contributed by atoms with van der Waals surface area (Å²) < 4.78 is 5.71. The van der Waals surface area contributed by atoms with E-state index in [4.69, 9.17) is 4.74 Å². The van der Waals surface area contributed by atoms with Crippen LogP contribution in [-0.4, -0.2) is 46.4 Å². The normalized spacial score (nSPS) is 27.4. The number of amides is 1. The van der Waals surface area contributed by atoms with Gasteiger partial charge in [-0.3, -0.25) is 4.79 Å². The number of nitrogens with zero attached hydrogens (tertiary/aromatic N) is 2. The van der Waals surface area contributed by atoms with E-state index < -0.39 is 0 Å². The summed E-state index contributed by atoms with van der Waals surface area (Å²) in [5.74, 6) is -0.0445. The maximum atomic E-state index is 12.1. The number of rotatable bonds is 1. The first-order valence-electron chi connectivity index (χ1n) is 7.23. The fraction of sp³-hybridized carbons (Fsp3) is 0.375. The van der Waals surface area contributed by atoms with Gasteiger partial charge in [-0.2, -0.15) is 4.99 Å². The van der Waals surface area contributed by atoms with Gasteiger partial charge in [0.05, 0.1) is 17.1 Å². The van der Waals surface area contributed by atoms with Crippen molar-refractivity contribution in [3.63, 3.8) is 0 Å². The van der Waals surface area contributed by atoms with Gasteiger partial charge in [-0.15, -0.1) is 0 Å². The second-order valence-corrected chi connectivity index (χ2v) is 6.58. The summed E-state index contributed by atoms with van der Waals surface area (Å²) in [4.78, 5) is 18.9. The lowest BCUT2D eigenvalue weighted by molar-refractivity contribution is -0.113. The molecule has 6 heteroatoms. The molecule has 2 atom stereocenters. The van der Waals surface area contributed by atoms with Crippen LogP contribution in [0.5, 0.6) is 5.75 Å². The fourth-order valence-corrected chi connectivity index (χ4v) is 3.56. The van der Waals surface area contributed by atoms with Gasteiger partial charge in [-0.1, -0.05) is 12.1 Å². The van der Waals surface area contributed by atoms with Crippen molar-refractivity contribution in [3.05, 3.63) is 34.7 Å². The first-order valence-corrected chi connectivity index (χ1v) is 8.05. The number of thioether (sulfide) groups is 1. The third-order valence-corrected chi connectivity index (χ3v) is 4.51. The van der Waals surface area contributed by atoms with E-state index in [0.29, 0.717) is 4.91 Å². The molecular weight excluding hydrogens is 300 g/mol. The third-order valence-electron chi connectivity index (χ3n) is 3.47. The van der Waals surface area contributed by atoms with Crippen molar-refractivity contribution in [3.8, 4) is 5.75 Å². The zero-order valence-electron chi connectivity index (χ0n) is 12.5. The zero-order valence-corrected chi connectivity index (χ0v) is 13.3. The highest BCUT2D eigenvalue weighted by atomic mass is 32.2. The smallest absolute Gasteiger partial charge is 0.286 e. The van der Waals surface area contributed by atoms with Crippen LogP contribution in [0.3, 0.4) is 0 Å². The number of aliphatic imine (C=N–C) groups is 1. The third kappa shape index (κ3) is 3.34. The van der Waals surface area contributed by atoms with E-state index >= 15 is 0 Å². The maximum absolute atomic E-state index is 12.1. The molecule has 116 valence electrons. The van der Waals surface area contributed by atoms with Crippen LogP contribution in [0.15, 0.2) is 34.2 Å². The lowest BCUT2D eigenvalue weighted by Gasteiger charge is -2.35. The Balaban J connectivity index is 1.76. The molecule has 0 radical (unpaired) electrons. The van der Waals surface area contributed by atoms with Gasteiger partial charge in [0.15, 0.2) is 5.17 Å².